The Labute approximate surface area is 157 Å². The summed E-state index contributed by atoms with van der Waals surface area (Å²) in [4.78, 5) is 14.5. The van der Waals surface area contributed by atoms with Crippen molar-refractivity contribution in [2.45, 2.75) is 37.9 Å². The van der Waals surface area contributed by atoms with E-state index >= 15 is 0 Å². The lowest BCUT2D eigenvalue weighted by Gasteiger charge is -2.38. The molecular weight excluding hydrogens is 347 g/mol. The number of halogens is 1. The summed E-state index contributed by atoms with van der Waals surface area (Å²) in [6.45, 7) is 3.64. The van der Waals surface area contributed by atoms with Gasteiger partial charge in [-0.2, -0.15) is 5.10 Å². The molecule has 2 aliphatic rings. The molecule has 0 bridgehead atoms. The van der Waals surface area contributed by atoms with Crippen molar-refractivity contribution in [3.05, 3.63) is 58.1 Å². The first-order chi connectivity index (χ1) is 13.2. The van der Waals surface area contributed by atoms with Crippen LogP contribution in [0.25, 0.3) is 0 Å². The first kappa shape index (κ1) is 18.1. The second-order valence-electron chi connectivity index (χ2n) is 7.30. The van der Waals surface area contributed by atoms with E-state index in [1.165, 1.54) is 23.2 Å². The fraction of sp³-hybridized carbons (Fsp3) is 0.500. The van der Waals surface area contributed by atoms with Crippen LogP contribution in [0.3, 0.4) is 0 Å². The summed E-state index contributed by atoms with van der Waals surface area (Å²) in [6, 6.07) is 10.4. The number of nitrogens with one attached hydrogen (secondary N) is 1. The van der Waals surface area contributed by atoms with Crippen molar-refractivity contribution < 1.29 is 9.13 Å². The zero-order valence-corrected chi connectivity index (χ0v) is 15.3. The molecule has 144 valence electrons. The van der Waals surface area contributed by atoms with E-state index in [-0.39, 0.29) is 17.9 Å². The van der Waals surface area contributed by atoms with Gasteiger partial charge >= 0.3 is 0 Å². The van der Waals surface area contributed by atoms with Crippen LogP contribution >= 0.6 is 0 Å². The first-order valence-corrected chi connectivity index (χ1v) is 9.59. The van der Waals surface area contributed by atoms with E-state index in [1.807, 2.05) is 0 Å². The molecule has 7 heteroatoms. The van der Waals surface area contributed by atoms with Crippen molar-refractivity contribution in [3.8, 4) is 0 Å². The smallest absolute Gasteiger partial charge is 0.267 e. The summed E-state index contributed by atoms with van der Waals surface area (Å²) in [5, 5.41) is 8.14. The molecular formula is C20H25FN4O2. The normalized spacial score (nSPS) is 20.5. The van der Waals surface area contributed by atoms with Crippen LogP contribution in [0.5, 0.6) is 0 Å². The average Bonchev–Trinajstić information content (AvgIpc) is 2.63. The summed E-state index contributed by atoms with van der Waals surface area (Å²) in [6.07, 6.45) is 3.42. The van der Waals surface area contributed by atoms with Crippen molar-refractivity contribution >= 4 is 5.82 Å². The molecule has 1 unspecified atom stereocenters. The van der Waals surface area contributed by atoms with Gasteiger partial charge in [-0.3, -0.25) is 4.79 Å². The highest BCUT2D eigenvalue weighted by Crippen LogP contribution is 2.22. The van der Waals surface area contributed by atoms with Gasteiger partial charge in [0.05, 0.1) is 25.8 Å². The Morgan fingerprint density at radius 2 is 2.11 bits per heavy atom. The minimum absolute atomic E-state index is 0.179. The van der Waals surface area contributed by atoms with Crippen LogP contribution in [-0.2, 0) is 11.3 Å². The molecule has 27 heavy (non-hydrogen) atoms. The van der Waals surface area contributed by atoms with E-state index in [0.29, 0.717) is 12.1 Å². The molecule has 2 saturated heterocycles. The molecule has 1 N–H and O–H groups in total. The highest BCUT2D eigenvalue weighted by molar-refractivity contribution is 5.39. The predicted molar refractivity (Wildman–Crippen MR) is 102 cm³/mol. The summed E-state index contributed by atoms with van der Waals surface area (Å²) in [5.74, 6) is 0.501. The number of nitrogens with zero attached hydrogens (tertiary/aromatic N) is 3. The van der Waals surface area contributed by atoms with E-state index < -0.39 is 0 Å². The van der Waals surface area contributed by atoms with Crippen molar-refractivity contribution in [2.75, 3.05) is 31.2 Å². The zero-order chi connectivity index (χ0) is 18.6. The van der Waals surface area contributed by atoms with Crippen LogP contribution in [0.1, 0.15) is 24.8 Å². The number of ether oxygens (including phenoxy) is 1. The minimum atomic E-state index is -0.307. The maximum absolute atomic E-state index is 13.4. The fourth-order valence-electron chi connectivity index (χ4n) is 3.68. The third-order valence-electron chi connectivity index (χ3n) is 5.28. The maximum atomic E-state index is 13.4. The lowest BCUT2D eigenvalue weighted by atomic mass is 10.0. The van der Waals surface area contributed by atoms with Crippen LogP contribution in [-0.4, -0.2) is 48.2 Å². The topological polar surface area (TPSA) is 59.4 Å². The Morgan fingerprint density at radius 3 is 2.89 bits per heavy atom. The summed E-state index contributed by atoms with van der Waals surface area (Å²) >= 11 is 0. The highest BCUT2D eigenvalue weighted by atomic mass is 19.1. The number of hydrogen-bond acceptors (Lipinski definition) is 5. The van der Waals surface area contributed by atoms with E-state index in [1.54, 1.807) is 24.3 Å². The van der Waals surface area contributed by atoms with Crippen molar-refractivity contribution in [1.82, 2.24) is 15.1 Å². The second kappa shape index (κ2) is 8.19. The Bertz CT molecular complexity index is 837. The van der Waals surface area contributed by atoms with Gasteiger partial charge in [-0.1, -0.05) is 12.1 Å². The molecule has 0 aliphatic carbocycles. The summed E-state index contributed by atoms with van der Waals surface area (Å²) in [7, 11) is 0. The number of benzene rings is 1. The lowest BCUT2D eigenvalue weighted by Crippen LogP contribution is -2.53. The van der Waals surface area contributed by atoms with Gasteiger partial charge in [0.25, 0.3) is 5.56 Å². The van der Waals surface area contributed by atoms with Crippen molar-refractivity contribution in [1.29, 1.82) is 0 Å². The fourth-order valence-corrected chi connectivity index (χ4v) is 3.68. The predicted octanol–water partition coefficient (Wildman–Crippen LogP) is 1.78. The molecule has 2 aliphatic heterocycles. The van der Waals surface area contributed by atoms with Crippen molar-refractivity contribution in [2.24, 2.45) is 0 Å². The van der Waals surface area contributed by atoms with Gasteiger partial charge in [0.1, 0.15) is 11.6 Å². The van der Waals surface area contributed by atoms with E-state index in [0.717, 1.165) is 50.5 Å². The van der Waals surface area contributed by atoms with Gasteiger partial charge in [0.2, 0.25) is 0 Å². The quantitative estimate of drug-likeness (QED) is 0.838. The summed E-state index contributed by atoms with van der Waals surface area (Å²) in [5.41, 5.74) is 0.546. The molecule has 1 aromatic carbocycles. The van der Waals surface area contributed by atoms with Crippen molar-refractivity contribution in [3.63, 3.8) is 0 Å². The molecule has 0 spiro atoms. The number of hydrogen-bond donors (Lipinski definition) is 1. The van der Waals surface area contributed by atoms with E-state index in [9.17, 15) is 9.18 Å². The zero-order valence-electron chi connectivity index (χ0n) is 15.3. The van der Waals surface area contributed by atoms with Crippen LogP contribution < -0.4 is 15.8 Å². The monoisotopic (exact) mass is 372 g/mol. The van der Waals surface area contributed by atoms with E-state index in [2.05, 4.69) is 15.3 Å². The molecule has 4 rings (SSSR count). The Kier molecular flexibility index (Phi) is 5.50. The lowest BCUT2D eigenvalue weighted by molar-refractivity contribution is -0.00569. The van der Waals surface area contributed by atoms with Crippen LogP contribution in [0, 0.1) is 5.82 Å². The minimum Gasteiger partial charge on any atom is -0.378 e. The number of rotatable bonds is 6. The van der Waals surface area contributed by atoms with Gasteiger partial charge in [0.15, 0.2) is 0 Å². The van der Waals surface area contributed by atoms with Crippen LogP contribution in [0.4, 0.5) is 10.2 Å². The second-order valence-corrected chi connectivity index (χ2v) is 7.30. The summed E-state index contributed by atoms with van der Waals surface area (Å²) < 4.78 is 20.1. The molecule has 1 aromatic heterocycles. The molecule has 2 fully saturated rings. The van der Waals surface area contributed by atoms with Crippen LogP contribution in [0.15, 0.2) is 41.2 Å². The van der Waals surface area contributed by atoms with E-state index in [4.69, 9.17) is 4.74 Å². The van der Waals surface area contributed by atoms with Gasteiger partial charge in [0, 0.05) is 25.2 Å². The Balaban J connectivity index is 1.51. The Morgan fingerprint density at radius 1 is 1.22 bits per heavy atom. The number of anilines is 1. The van der Waals surface area contributed by atoms with Gasteiger partial charge in [-0.25, -0.2) is 9.07 Å². The van der Waals surface area contributed by atoms with Gasteiger partial charge in [-0.05, 0) is 43.0 Å². The van der Waals surface area contributed by atoms with Gasteiger partial charge < -0.3 is 15.0 Å². The third kappa shape index (κ3) is 4.36. The molecule has 1 atom stereocenters. The average molecular weight is 372 g/mol. The molecule has 0 amide bonds. The number of aromatic nitrogens is 2. The first-order valence-electron chi connectivity index (χ1n) is 9.59. The molecule has 3 heterocycles. The van der Waals surface area contributed by atoms with Crippen LogP contribution in [0.2, 0.25) is 0 Å². The molecule has 0 saturated carbocycles. The molecule has 2 aromatic rings. The SMILES string of the molecule is O=c1ccc(N2CCCCC2CNC2COC2)nn1Cc1cccc(F)c1. The Hall–Kier alpha value is -2.25. The largest absolute Gasteiger partial charge is 0.378 e. The molecule has 0 radical (unpaired) electrons. The highest BCUT2D eigenvalue weighted by Gasteiger charge is 2.26. The number of piperidine rings is 1. The third-order valence-corrected chi connectivity index (χ3v) is 5.28. The van der Waals surface area contributed by atoms with Gasteiger partial charge in [-0.15, -0.1) is 0 Å². The maximum Gasteiger partial charge on any atom is 0.267 e. The standard InChI is InChI=1S/C20H25FN4O2/c21-16-5-3-4-15(10-16)12-25-20(26)8-7-19(23-25)24-9-2-1-6-18(24)11-22-17-13-27-14-17/h3-5,7-8,10,17-18,22H,1-2,6,9,11-14H2. The molecule has 6 nitrogen and oxygen atoms in total.